The monoisotopic (exact) mass is 266 g/mol. The van der Waals surface area contributed by atoms with E-state index in [1.807, 2.05) is 22.8 Å². The third-order valence-electron chi connectivity index (χ3n) is 3.23. The Bertz CT molecular complexity index is 730. The van der Waals surface area contributed by atoms with Gasteiger partial charge < -0.3 is 5.32 Å². The molecule has 3 aromatic rings. The molecule has 1 aromatic carbocycles. The summed E-state index contributed by atoms with van der Waals surface area (Å²) in [5.41, 5.74) is 4.25. The molecule has 0 saturated heterocycles. The summed E-state index contributed by atoms with van der Waals surface area (Å²) in [6.07, 6.45) is 2.95. The second-order valence-corrected chi connectivity index (χ2v) is 4.93. The third-order valence-corrected chi connectivity index (χ3v) is 3.23. The zero-order chi connectivity index (χ0) is 13.9. The Hall–Kier alpha value is -2.36. The van der Waals surface area contributed by atoms with Crippen LogP contribution in [-0.4, -0.2) is 21.1 Å². The molecule has 0 aliphatic carbocycles. The predicted molar refractivity (Wildman–Crippen MR) is 81.9 cm³/mol. The summed E-state index contributed by atoms with van der Waals surface area (Å²) in [7, 11) is 0. The van der Waals surface area contributed by atoms with E-state index in [0.29, 0.717) is 0 Å². The fourth-order valence-corrected chi connectivity index (χ4v) is 2.22. The van der Waals surface area contributed by atoms with Crippen LogP contribution in [0.25, 0.3) is 16.9 Å². The molecule has 2 heterocycles. The highest BCUT2D eigenvalue weighted by Gasteiger charge is 2.07. The normalized spacial score (nSPS) is 10.9. The second-order valence-electron chi connectivity index (χ2n) is 4.93. The summed E-state index contributed by atoms with van der Waals surface area (Å²) in [5, 5.41) is 7.93. The molecule has 4 heteroatoms. The van der Waals surface area contributed by atoms with Crippen LogP contribution in [0.4, 0.5) is 5.82 Å². The topological polar surface area (TPSA) is 42.2 Å². The summed E-state index contributed by atoms with van der Waals surface area (Å²) < 4.78 is 1.90. The van der Waals surface area contributed by atoms with Gasteiger partial charge in [-0.2, -0.15) is 0 Å². The maximum atomic E-state index is 4.62. The lowest BCUT2D eigenvalue weighted by molar-refractivity contribution is 0.910. The van der Waals surface area contributed by atoms with E-state index < -0.39 is 0 Å². The number of hydrogen-bond acceptors (Lipinski definition) is 3. The molecular weight excluding hydrogens is 248 g/mol. The highest BCUT2D eigenvalue weighted by Crippen LogP contribution is 2.21. The number of imidazole rings is 1. The number of nitrogens with zero attached hydrogens (tertiary/aromatic N) is 3. The van der Waals surface area contributed by atoms with E-state index in [-0.39, 0.29) is 0 Å². The maximum absolute atomic E-state index is 4.62. The molecule has 0 saturated carbocycles. The molecule has 0 fully saturated rings. The van der Waals surface area contributed by atoms with E-state index in [4.69, 9.17) is 0 Å². The Balaban J connectivity index is 2.07. The molecule has 20 heavy (non-hydrogen) atoms. The van der Waals surface area contributed by atoms with Gasteiger partial charge in [-0.3, -0.25) is 0 Å². The van der Waals surface area contributed by atoms with Crippen LogP contribution >= 0.6 is 0 Å². The van der Waals surface area contributed by atoms with Crippen molar-refractivity contribution in [1.82, 2.24) is 14.6 Å². The summed E-state index contributed by atoms with van der Waals surface area (Å²) >= 11 is 0. The molecule has 0 amide bonds. The smallest absolute Gasteiger partial charge is 0.154 e. The van der Waals surface area contributed by atoms with Gasteiger partial charge in [-0.25, -0.2) is 9.50 Å². The van der Waals surface area contributed by atoms with E-state index in [0.717, 1.165) is 35.7 Å². The minimum absolute atomic E-state index is 0.864. The van der Waals surface area contributed by atoms with Gasteiger partial charge in [-0.15, -0.1) is 5.10 Å². The molecular formula is C16H18N4. The van der Waals surface area contributed by atoms with E-state index in [2.05, 4.69) is 53.5 Å². The summed E-state index contributed by atoms with van der Waals surface area (Å²) in [6, 6.07) is 12.3. The Morgan fingerprint density at radius 1 is 1.20 bits per heavy atom. The highest BCUT2D eigenvalue weighted by molar-refractivity contribution is 5.64. The molecule has 2 aromatic heterocycles. The lowest BCUT2D eigenvalue weighted by atomic mass is 10.1. The number of hydrogen-bond donors (Lipinski definition) is 1. The zero-order valence-corrected chi connectivity index (χ0v) is 11.8. The van der Waals surface area contributed by atoms with Gasteiger partial charge in [0.1, 0.15) is 5.82 Å². The molecule has 3 rings (SSSR count). The Labute approximate surface area is 118 Å². The zero-order valence-electron chi connectivity index (χ0n) is 11.8. The largest absolute Gasteiger partial charge is 0.369 e. The van der Waals surface area contributed by atoms with E-state index >= 15 is 0 Å². The summed E-state index contributed by atoms with van der Waals surface area (Å²) in [6.45, 7) is 5.16. The molecule has 0 unspecified atom stereocenters. The van der Waals surface area contributed by atoms with Gasteiger partial charge in [0, 0.05) is 12.1 Å². The van der Waals surface area contributed by atoms with Crippen LogP contribution in [0.3, 0.4) is 0 Å². The first-order valence-electron chi connectivity index (χ1n) is 6.93. The quantitative estimate of drug-likeness (QED) is 0.785. The predicted octanol–water partition coefficient (Wildman–Crippen LogP) is 3.53. The van der Waals surface area contributed by atoms with Gasteiger partial charge in [0.25, 0.3) is 0 Å². The first-order valence-corrected chi connectivity index (χ1v) is 6.93. The van der Waals surface area contributed by atoms with Gasteiger partial charge in [0.2, 0.25) is 0 Å². The second kappa shape index (κ2) is 5.33. The van der Waals surface area contributed by atoms with Crippen LogP contribution in [0.5, 0.6) is 0 Å². The van der Waals surface area contributed by atoms with Crippen molar-refractivity contribution in [2.24, 2.45) is 0 Å². The van der Waals surface area contributed by atoms with Gasteiger partial charge in [-0.05, 0) is 31.5 Å². The van der Waals surface area contributed by atoms with Crippen molar-refractivity contribution in [1.29, 1.82) is 0 Å². The number of aromatic nitrogens is 3. The fraction of sp³-hybridized carbons (Fsp3) is 0.250. The number of benzene rings is 1. The van der Waals surface area contributed by atoms with Crippen molar-refractivity contribution >= 4 is 11.5 Å². The number of aryl methyl sites for hydroxylation is 1. The number of anilines is 1. The van der Waals surface area contributed by atoms with Gasteiger partial charge in [0.15, 0.2) is 5.65 Å². The molecule has 102 valence electrons. The molecule has 1 N–H and O–H groups in total. The molecule has 4 nitrogen and oxygen atoms in total. The fourth-order valence-electron chi connectivity index (χ4n) is 2.22. The Morgan fingerprint density at radius 2 is 2.10 bits per heavy atom. The lowest BCUT2D eigenvalue weighted by Crippen LogP contribution is -2.05. The molecule has 0 aliphatic rings. The minimum Gasteiger partial charge on any atom is -0.369 e. The van der Waals surface area contributed by atoms with Crippen LogP contribution in [0, 0.1) is 6.92 Å². The molecule has 0 spiro atoms. The molecule has 0 atom stereocenters. The number of fused-ring (bicyclic) bond motifs is 1. The lowest BCUT2D eigenvalue weighted by Gasteiger charge is -2.06. The minimum atomic E-state index is 0.864. The van der Waals surface area contributed by atoms with Crippen molar-refractivity contribution in [3.8, 4) is 11.3 Å². The van der Waals surface area contributed by atoms with Crippen molar-refractivity contribution in [3.63, 3.8) is 0 Å². The van der Waals surface area contributed by atoms with Crippen LogP contribution in [0.15, 0.2) is 42.6 Å². The number of nitrogens with one attached hydrogen (secondary N) is 1. The average Bonchev–Trinajstić information content (AvgIpc) is 2.88. The van der Waals surface area contributed by atoms with Crippen molar-refractivity contribution in [2.75, 3.05) is 11.9 Å². The third kappa shape index (κ3) is 2.37. The van der Waals surface area contributed by atoms with Crippen molar-refractivity contribution in [3.05, 3.63) is 48.2 Å². The van der Waals surface area contributed by atoms with Crippen LogP contribution < -0.4 is 5.32 Å². The Morgan fingerprint density at radius 3 is 2.90 bits per heavy atom. The van der Waals surface area contributed by atoms with Crippen molar-refractivity contribution in [2.45, 2.75) is 20.3 Å². The average molecular weight is 266 g/mol. The summed E-state index contributed by atoms with van der Waals surface area (Å²) in [4.78, 5) is 4.42. The molecule has 0 bridgehead atoms. The number of rotatable bonds is 4. The summed E-state index contributed by atoms with van der Waals surface area (Å²) in [5.74, 6) is 0.881. The standard InChI is InChI=1S/C16H18N4/c1-3-9-17-15-7-8-16-18-11-14(20(16)19-15)13-6-4-5-12(2)10-13/h4-8,10-11H,3,9H2,1-2H3,(H,17,19). The van der Waals surface area contributed by atoms with Gasteiger partial charge in [0.05, 0.1) is 11.9 Å². The van der Waals surface area contributed by atoms with Gasteiger partial charge in [-0.1, -0.05) is 30.7 Å². The first-order chi connectivity index (χ1) is 9.78. The maximum Gasteiger partial charge on any atom is 0.154 e. The molecule has 0 aliphatic heterocycles. The van der Waals surface area contributed by atoms with E-state index in [1.54, 1.807) is 0 Å². The first kappa shape index (κ1) is 12.7. The Kier molecular flexibility index (Phi) is 3.37. The SMILES string of the molecule is CCCNc1ccc2ncc(-c3cccc(C)c3)n2n1. The van der Waals surface area contributed by atoms with Crippen LogP contribution in [-0.2, 0) is 0 Å². The van der Waals surface area contributed by atoms with E-state index in [1.165, 1.54) is 5.56 Å². The highest BCUT2D eigenvalue weighted by atomic mass is 15.3. The molecule has 0 radical (unpaired) electrons. The van der Waals surface area contributed by atoms with E-state index in [9.17, 15) is 0 Å². The van der Waals surface area contributed by atoms with Crippen LogP contribution in [0.2, 0.25) is 0 Å². The van der Waals surface area contributed by atoms with Crippen LogP contribution in [0.1, 0.15) is 18.9 Å². The van der Waals surface area contributed by atoms with Gasteiger partial charge >= 0.3 is 0 Å². The van der Waals surface area contributed by atoms with Crippen molar-refractivity contribution < 1.29 is 0 Å².